The number of rotatable bonds is 9. The van der Waals surface area contributed by atoms with Crippen molar-refractivity contribution in [2.24, 2.45) is 0 Å². The second kappa shape index (κ2) is 12.3. The number of hydrogen-bond acceptors (Lipinski definition) is 9. The molecule has 220 valence electrons. The van der Waals surface area contributed by atoms with E-state index >= 15 is 0 Å². The van der Waals surface area contributed by atoms with E-state index < -0.39 is 29.2 Å². The Balaban J connectivity index is 1.74. The van der Waals surface area contributed by atoms with Gasteiger partial charge in [0.25, 0.3) is 5.56 Å². The number of hydrogen-bond donors (Lipinski definition) is 1. The maximum Gasteiger partial charge on any atom is 0.416 e. The van der Waals surface area contributed by atoms with Gasteiger partial charge in [0.2, 0.25) is 11.7 Å². The third-order valence-corrected chi connectivity index (χ3v) is 6.81. The number of alkyl halides is 3. The summed E-state index contributed by atoms with van der Waals surface area (Å²) in [5.41, 5.74) is -1.40. The molecule has 0 radical (unpaired) electrons. The average molecular weight is 604 g/mol. The van der Waals surface area contributed by atoms with Crippen molar-refractivity contribution in [1.82, 2.24) is 9.78 Å². The second-order valence-electron chi connectivity index (χ2n) is 8.47. The number of aromatic nitrogens is 2. The van der Waals surface area contributed by atoms with E-state index in [2.05, 4.69) is 10.4 Å². The largest absolute Gasteiger partial charge is 0.493 e. The Morgan fingerprint density at radius 1 is 1.05 bits per heavy atom. The van der Waals surface area contributed by atoms with Gasteiger partial charge in [-0.2, -0.15) is 23.0 Å². The molecule has 0 aliphatic rings. The number of carbonyl (C=O) groups is 2. The van der Waals surface area contributed by atoms with Gasteiger partial charge >= 0.3 is 12.1 Å². The van der Waals surface area contributed by atoms with Crippen molar-refractivity contribution in [1.29, 1.82) is 0 Å². The quantitative estimate of drug-likeness (QED) is 0.202. The van der Waals surface area contributed by atoms with E-state index in [-0.39, 0.29) is 33.8 Å². The Labute approximate surface area is 240 Å². The lowest BCUT2D eigenvalue weighted by molar-refractivity contribution is -0.137. The maximum absolute atomic E-state index is 13.5. The molecule has 0 aliphatic heterocycles. The van der Waals surface area contributed by atoms with E-state index in [0.717, 1.165) is 40.3 Å². The van der Waals surface area contributed by atoms with Crippen molar-refractivity contribution in [3.05, 3.63) is 75.0 Å². The fourth-order valence-electron chi connectivity index (χ4n) is 3.98. The fourth-order valence-corrected chi connectivity index (χ4v) is 4.92. The summed E-state index contributed by atoms with van der Waals surface area (Å²) in [6.07, 6.45) is -1.88. The number of nitrogens with one attached hydrogen (secondary N) is 1. The van der Waals surface area contributed by atoms with E-state index in [1.54, 1.807) is 19.1 Å². The monoisotopic (exact) mass is 603 g/mol. The van der Waals surface area contributed by atoms with Crippen LogP contribution in [0.5, 0.6) is 17.2 Å². The molecule has 0 unspecified atom stereocenters. The van der Waals surface area contributed by atoms with Gasteiger partial charge in [-0.15, -0.1) is 11.3 Å². The maximum atomic E-state index is 13.5. The third-order valence-electron chi connectivity index (χ3n) is 5.91. The molecular formula is C28H24F3N3O7S. The summed E-state index contributed by atoms with van der Waals surface area (Å²) in [5.74, 6) is -0.321. The van der Waals surface area contributed by atoms with Gasteiger partial charge in [-0.3, -0.25) is 9.59 Å². The Morgan fingerprint density at radius 2 is 1.69 bits per heavy atom. The molecule has 2 aromatic heterocycles. The highest BCUT2D eigenvalue weighted by atomic mass is 32.1. The Hall–Kier alpha value is -4.85. The van der Waals surface area contributed by atoms with Crippen molar-refractivity contribution in [2.75, 3.05) is 33.3 Å². The van der Waals surface area contributed by atoms with Gasteiger partial charge in [-0.25, -0.2) is 4.79 Å². The summed E-state index contributed by atoms with van der Waals surface area (Å²) in [4.78, 5) is 39.1. The number of amides is 1. The molecule has 42 heavy (non-hydrogen) atoms. The molecule has 1 amide bonds. The first-order valence-electron chi connectivity index (χ1n) is 12.2. The molecule has 14 heteroatoms. The molecule has 4 rings (SSSR count). The summed E-state index contributed by atoms with van der Waals surface area (Å²) in [6.45, 7) is 1.60. The normalized spacial score (nSPS) is 11.5. The van der Waals surface area contributed by atoms with Gasteiger partial charge in [-0.1, -0.05) is 0 Å². The summed E-state index contributed by atoms with van der Waals surface area (Å²) in [6, 6.07) is 6.97. The van der Waals surface area contributed by atoms with E-state index in [0.29, 0.717) is 22.8 Å². The highest BCUT2D eigenvalue weighted by Crippen LogP contribution is 2.38. The molecule has 1 N–H and O–H groups in total. The van der Waals surface area contributed by atoms with Crippen molar-refractivity contribution in [3.8, 4) is 22.9 Å². The number of halogens is 3. The SMILES string of the molecule is CCOC(=O)c1nn(-c2ccc(C(F)(F)F)cc2)c(=O)c2c(NC(=O)C=Cc3cc(OC)c(OC)c(OC)c3)scc12. The number of anilines is 1. The molecule has 0 saturated heterocycles. The van der Waals surface area contributed by atoms with Crippen molar-refractivity contribution >= 4 is 45.1 Å². The first-order valence-corrected chi connectivity index (χ1v) is 13.1. The number of nitrogens with zero attached hydrogens (tertiary/aromatic N) is 2. The smallest absolute Gasteiger partial charge is 0.416 e. The number of benzene rings is 2. The van der Waals surface area contributed by atoms with E-state index in [1.165, 1.54) is 38.9 Å². The van der Waals surface area contributed by atoms with Gasteiger partial charge in [0.1, 0.15) is 5.00 Å². The highest BCUT2D eigenvalue weighted by Gasteiger charge is 2.30. The van der Waals surface area contributed by atoms with E-state index in [9.17, 15) is 27.6 Å². The highest BCUT2D eigenvalue weighted by molar-refractivity contribution is 7.16. The molecular weight excluding hydrogens is 579 g/mol. The molecule has 0 aliphatic carbocycles. The van der Waals surface area contributed by atoms with Gasteiger partial charge in [0.05, 0.1) is 44.6 Å². The van der Waals surface area contributed by atoms with Crippen LogP contribution in [-0.4, -0.2) is 49.6 Å². The molecule has 4 aromatic rings. The van der Waals surface area contributed by atoms with Crippen LogP contribution in [-0.2, 0) is 15.7 Å². The Morgan fingerprint density at radius 3 is 2.24 bits per heavy atom. The van der Waals surface area contributed by atoms with Gasteiger partial charge < -0.3 is 24.3 Å². The van der Waals surface area contributed by atoms with Gasteiger partial charge in [-0.05, 0) is 55.0 Å². The van der Waals surface area contributed by atoms with Crippen LogP contribution in [0.15, 0.2) is 52.6 Å². The summed E-state index contributed by atoms with van der Waals surface area (Å²) >= 11 is 0.971. The zero-order valence-electron chi connectivity index (χ0n) is 22.7. The fraction of sp³-hybridized carbons (Fsp3) is 0.214. The molecule has 2 heterocycles. The zero-order chi connectivity index (χ0) is 30.6. The lowest BCUT2D eigenvalue weighted by Crippen LogP contribution is -2.25. The van der Waals surface area contributed by atoms with E-state index in [4.69, 9.17) is 18.9 Å². The number of thiophene rings is 1. The Bertz CT molecular complexity index is 1700. The predicted molar refractivity (Wildman–Crippen MR) is 150 cm³/mol. The molecule has 0 bridgehead atoms. The first-order chi connectivity index (χ1) is 20.0. The predicted octanol–water partition coefficient (Wildman–Crippen LogP) is 5.32. The van der Waals surface area contributed by atoms with Crippen LogP contribution in [0.3, 0.4) is 0 Å². The van der Waals surface area contributed by atoms with Crippen molar-refractivity contribution in [2.45, 2.75) is 13.1 Å². The molecule has 10 nitrogen and oxygen atoms in total. The molecule has 0 atom stereocenters. The minimum Gasteiger partial charge on any atom is -0.493 e. The van der Waals surface area contributed by atoms with Crippen molar-refractivity contribution < 1.29 is 41.7 Å². The number of ether oxygens (including phenoxy) is 4. The lowest BCUT2D eigenvalue weighted by Gasteiger charge is -2.12. The summed E-state index contributed by atoms with van der Waals surface area (Å²) in [7, 11) is 4.37. The lowest BCUT2D eigenvalue weighted by atomic mass is 10.1. The molecule has 0 fully saturated rings. The van der Waals surface area contributed by atoms with Crippen LogP contribution in [0.1, 0.15) is 28.5 Å². The minimum absolute atomic E-state index is 0.0148. The second-order valence-corrected chi connectivity index (χ2v) is 9.35. The number of fused-ring (bicyclic) bond motifs is 1. The average Bonchev–Trinajstić information content (AvgIpc) is 3.39. The van der Waals surface area contributed by atoms with Gasteiger partial charge in [0.15, 0.2) is 17.2 Å². The van der Waals surface area contributed by atoms with Crippen LogP contribution in [0, 0.1) is 0 Å². The van der Waals surface area contributed by atoms with Crippen LogP contribution < -0.4 is 25.1 Å². The first kappa shape index (κ1) is 30.1. The standard InChI is InChI=1S/C28H24F3N3O7S/c1-5-41-27(37)23-18-14-42-25(22(18)26(36)34(33-23)17-9-7-16(8-10-17)28(29,30)31)32-21(35)11-6-15-12-19(38-2)24(40-4)20(13-15)39-3/h6-14H,5H2,1-4H3,(H,32,35). The minimum atomic E-state index is -4.59. The molecule has 2 aromatic carbocycles. The van der Waals surface area contributed by atoms with Crippen LogP contribution in [0.25, 0.3) is 22.5 Å². The van der Waals surface area contributed by atoms with Gasteiger partial charge in [0, 0.05) is 16.8 Å². The number of methoxy groups -OCH3 is 3. The van der Waals surface area contributed by atoms with Crippen LogP contribution >= 0.6 is 11.3 Å². The third kappa shape index (κ3) is 6.07. The topological polar surface area (TPSA) is 118 Å². The summed E-state index contributed by atoms with van der Waals surface area (Å²) < 4.78 is 61.0. The molecule has 0 spiro atoms. The number of esters is 1. The molecule has 0 saturated carbocycles. The zero-order valence-corrected chi connectivity index (χ0v) is 23.5. The van der Waals surface area contributed by atoms with E-state index in [1.807, 2.05) is 0 Å². The van der Waals surface area contributed by atoms with Crippen LogP contribution in [0.4, 0.5) is 18.2 Å². The number of carbonyl (C=O) groups excluding carboxylic acids is 2. The van der Waals surface area contributed by atoms with Crippen molar-refractivity contribution in [3.63, 3.8) is 0 Å². The Kier molecular flexibility index (Phi) is 8.85. The summed E-state index contributed by atoms with van der Waals surface area (Å²) in [5, 5.41) is 8.34. The van der Waals surface area contributed by atoms with Crippen LogP contribution in [0.2, 0.25) is 0 Å².